The van der Waals surface area contributed by atoms with Gasteiger partial charge in [0.25, 0.3) is 0 Å². The van der Waals surface area contributed by atoms with Gasteiger partial charge in [0, 0.05) is 57.3 Å². The first-order chi connectivity index (χ1) is 19.4. The molecule has 1 aliphatic heterocycles. The fraction of sp³-hybridized carbons (Fsp3) is 0.500. The topological polar surface area (TPSA) is 102 Å². The fourth-order valence-electron chi connectivity index (χ4n) is 4.34. The fourth-order valence-corrected chi connectivity index (χ4v) is 5.39. The number of carbonyl (C=O) groups is 1. The molecule has 1 aromatic carbocycles. The van der Waals surface area contributed by atoms with E-state index in [1.165, 1.54) is 11.3 Å². The summed E-state index contributed by atoms with van der Waals surface area (Å²) < 4.78 is 16.1. The van der Waals surface area contributed by atoms with Crippen molar-refractivity contribution in [2.75, 3.05) is 83.1 Å². The highest BCUT2D eigenvalue weighted by Crippen LogP contribution is 2.27. The average molecular weight is 589 g/mol. The summed E-state index contributed by atoms with van der Waals surface area (Å²) in [5.74, 6) is 2.19. The molecule has 216 valence electrons. The highest BCUT2D eigenvalue weighted by Gasteiger charge is 2.20. The van der Waals surface area contributed by atoms with Crippen LogP contribution in [0.15, 0.2) is 30.5 Å². The summed E-state index contributed by atoms with van der Waals surface area (Å²) >= 11 is 7.63. The molecule has 3 aromatic rings. The van der Waals surface area contributed by atoms with E-state index in [0.29, 0.717) is 59.7 Å². The molecule has 0 unspecified atom stereocenters. The smallest absolute Gasteiger partial charge is 0.188 e. The summed E-state index contributed by atoms with van der Waals surface area (Å²) in [7, 11) is 1.66. The summed E-state index contributed by atoms with van der Waals surface area (Å²) in [5.41, 5.74) is 1.85. The predicted octanol–water partition coefficient (Wildman–Crippen LogP) is 4.17. The van der Waals surface area contributed by atoms with Crippen LogP contribution in [0.5, 0.6) is 0 Å². The number of rotatable bonds is 15. The van der Waals surface area contributed by atoms with Crippen LogP contribution < -0.4 is 10.2 Å². The van der Waals surface area contributed by atoms with Crippen LogP contribution in [0.1, 0.15) is 26.6 Å². The molecule has 0 spiro atoms. The number of carbonyl (C=O) groups excluding carboxylic acids is 1. The number of hydrogen-bond donors (Lipinski definition) is 1. The summed E-state index contributed by atoms with van der Waals surface area (Å²) in [6, 6.07) is 7.59. The Morgan fingerprint density at radius 2 is 1.80 bits per heavy atom. The number of benzene rings is 1. The van der Waals surface area contributed by atoms with Crippen molar-refractivity contribution in [3.63, 3.8) is 0 Å². The third kappa shape index (κ3) is 8.92. The largest absolute Gasteiger partial charge is 0.382 e. The van der Waals surface area contributed by atoms with Crippen LogP contribution in [-0.2, 0) is 20.6 Å². The van der Waals surface area contributed by atoms with Gasteiger partial charge >= 0.3 is 0 Å². The highest BCUT2D eigenvalue weighted by atomic mass is 35.5. The van der Waals surface area contributed by atoms with Crippen LogP contribution in [0.4, 0.5) is 16.8 Å². The zero-order valence-corrected chi connectivity index (χ0v) is 24.9. The van der Waals surface area contributed by atoms with E-state index < -0.39 is 0 Å². The lowest BCUT2D eigenvalue weighted by molar-refractivity contribution is 0.0192. The molecule has 0 amide bonds. The lowest BCUT2D eigenvalue weighted by atomic mass is 10.0. The molecule has 1 fully saturated rings. The second-order valence-corrected chi connectivity index (χ2v) is 10.9. The number of piperazine rings is 1. The van der Waals surface area contributed by atoms with Crippen molar-refractivity contribution in [3.8, 4) is 0 Å². The Labute approximate surface area is 244 Å². The van der Waals surface area contributed by atoms with E-state index >= 15 is 0 Å². The molecule has 4 rings (SSSR count). The third-order valence-corrected chi connectivity index (χ3v) is 7.89. The van der Waals surface area contributed by atoms with Crippen LogP contribution in [0.25, 0.3) is 0 Å². The maximum absolute atomic E-state index is 12.9. The summed E-state index contributed by atoms with van der Waals surface area (Å²) in [6.45, 7) is 11.4. The first-order valence-electron chi connectivity index (χ1n) is 13.4. The molecule has 0 atom stereocenters. The van der Waals surface area contributed by atoms with Crippen molar-refractivity contribution in [2.24, 2.45) is 0 Å². The Hall–Kier alpha value is -2.67. The Morgan fingerprint density at radius 3 is 2.55 bits per heavy atom. The normalized spacial score (nSPS) is 14.1. The minimum Gasteiger partial charge on any atom is -0.382 e. The number of thiazole rings is 1. The van der Waals surface area contributed by atoms with Crippen molar-refractivity contribution < 1.29 is 19.0 Å². The van der Waals surface area contributed by atoms with E-state index in [-0.39, 0.29) is 12.2 Å². The number of ether oxygens (including phenoxy) is 3. The van der Waals surface area contributed by atoms with Gasteiger partial charge in [-0.3, -0.25) is 9.69 Å². The first kappa shape index (κ1) is 30.3. The maximum Gasteiger partial charge on any atom is 0.188 e. The molecule has 40 heavy (non-hydrogen) atoms. The Balaban J connectivity index is 1.25. The van der Waals surface area contributed by atoms with Gasteiger partial charge in [-0.15, -0.1) is 0 Å². The number of hydrogen-bond acceptors (Lipinski definition) is 11. The molecule has 12 heteroatoms. The number of aromatic nitrogens is 3. The number of halogens is 1. The van der Waals surface area contributed by atoms with Gasteiger partial charge in [0.15, 0.2) is 10.9 Å². The predicted molar refractivity (Wildman–Crippen MR) is 159 cm³/mol. The molecule has 1 aliphatic rings. The number of aryl methyl sites for hydroxylation is 2. The zero-order chi connectivity index (χ0) is 28.3. The number of nitrogens with zero attached hydrogens (tertiary/aromatic N) is 5. The summed E-state index contributed by atoms with van der Waals surface area (Å²) in [4.78, 5) is 31.8. The molecular formula is C28H37ClN6O4S. The molecule has 0 aliphatic carbocycles. The van der Waals surface area contributed by atoms with E-state index in [1.807, 2.05) is 38.1 Å². The molecule has 1 N–H and O–H groups in total. The second-order valence-electron chi connectivity index (χ2n) is 9.49. The molecule has 0 bridgehead atoms. The quantitative estimate of drug-likeness (QED) is 0.205. The van der Waals surface area contributed by atoms with Crippen molar-refractivity contribution in [1.29, 1.82) is 0 Å². The third-order valence-electron chi connectivity index (χ3n) is 6.58. The van der Waals surface area contributed by atoms with Gasteiger partial charge in [-0.05, 0) is 31.0 Å². The lowest BCUT2D eigenvalue weighted by Crippen LogP contribution is -2.47. The maximum atomic E-state index is 12.9. The monoisotopic (exact) mass is 588 g/mol. The van der Waals surface area contributed by atoms with Crippen molar-refractivity contribution in [2.45, 2.75) is 20.3 Å². The van der Waals surface area contributed by atoms with Crippen LogP contribution in [0.3, 0.4) is 0 Å². The van der Waals surface area contributed by atoms with E-state index in [2.05, 4.69) is 30.1 Å². The highest BCUT2D eigenvalue weighted by molar-refractivity contribution is 7.17. The molecule has 10 nitrogen and oxygen atoms in total. The van der Waals surface area contributed by atoms with E-state index in [1.54, 1.807) is 13.3 Å². The van der Waals surface area contributed by atoms with Gasteiger partial charge in [0.1, 0.15) is 17.5 Å². The minimum atomic E-state index is -0.0139. The van der Waals surface area contributed by atoms with Gasteiger partial charge in [-0.25, -0.2) is 15.0 Å². The number of methoxy groups -OCH3 is 1. The molecule has 1 saturated heterocycles. The van der Waals surface area contributed by atoms with Gasteiger partial charge in [-0.1, -0.05) is 35.1 Å². The number of Topliss-reactive ketones (excluding diaryl/α,β-unsaturated/α-hetero) is 1. The Kier molecular flexibility index (Phi) is 11.6. The molecule has 3 heterocycles. The number of anilines is 3. The molecular weight excluding hydrogens is 552 g/mol. The van der Waals surface area contributed by atoms with Gasteiger partial charge in [0.05, 0.1) is 44.1 Å². The van der Waals surface area contributed by atoms with Crippen molar-refractivity contribution in [3.05, 3.63) is 57.3 Å². The SMILES string of the molecule is COCCOCCOCCN1CCN(c2cc(Nc3ncc(C(=O)Cc4c(C)cccc4Cl)s3)nc(C)n2)CC1. The van der Waals surface area contributed by atoms with Crippen LogP contribution in [-0.4, -0.2) is 98.5 Å². The van der Waals surface area contributed by atoms with Gasteiger partial charge in [0.2, 0.25) is 0 Å². The second kappa shape index (κ2) is 15.4. The Bertz CT molecular complexity index is 1230. The van der Waals surface area contributed by atoms with Crippen LogP contribution in [0.2, 0.25) is 5.02 Å². The lowest BCUT2D eigenvalue weighted by Gasteiger charge is -2.35. The van der Waals surface area contributed by atoms with Gasteiger partial charge < -0.3 is 24.4 Å². The van der Waals surface area contributed by atoms with E-state index in [9.17, 15) is 4.79 Å². The van der Waals surface area contributed by atoms with Gasteiger partial charge in [-0.2, -0.15) is 0 Å². The number of ketones is 1. The standard InChI is InChI=1S/C28H37ClN6O4S/c1-20-5-4-6-23(29)22(20)17-24(36)25-19-30-28(40-25)33-26-18-27(32-21(2)31-26)35-9-7-34(8-10-35)11-12-38-15-16-39-14-13-37-3/h4-6,18-19H,7-17H2,1-3H3,(H,30,31,32,33). The zero-order valence-electron chi connectivity index (χ0n) is 23.3. The molecule has 2 aromatic heterocycles. The van der Waals surface area contributed by atoms with E-state index in [4.69, 9.17) is 25.8 Å². The average Bonchev–Trinajstić information content (AvgIpc) is 3.41. The van der Waals surface area contributed by atoms with Crippen molar-refractivity contribution in [1.82, 2.24) is 19.9 Å². The van der Waals surface area contributed by atoms with E-state index in [0.717, 1.165) is 49.7 Å². The van der Waals surface area contributed by atoms with Crippen LogP contribution in [0, 0.1) is 13.8 Å². The molecule has 0 radical (unpaired) electrons. The summed E-state index contributed by atoms with van der Waals surface area (Å²) in [6.07, 6.45) is 1.85. The van der Waals surface area contributed by atoms with Crippen LogP contribution >= 0.6 is 22.9 Å². The first-order valence-corrected chi connectivity index (χ1v) is 14.6. The summed E-state index contributed by atoms with van der Waals surface area (Å²) in [5, 5.41) is 4.47. The van der Waals surface area contributed by atoms with Crippen molar-refractivity contribution >= 4 is 45.5 Å². The number of nitrogens with one attached hydrogen (secondary N) is 1. The Morgan fingerprint density at radius 1 is 1.05 bits per heavy atom. The molecule has 0 saturated carbocycles. The minimum absolute atomic E-state index is 0.0139.